The molecule has 0 saturated heterocycles. The number of rotatable bonds is 1. The molecule has 92 valence electrons. The van der Waals surface area contributed by atoms with Crippen LogP contribution in [0.2, 0.25) is 0 Å². The molecule has 1 aliphatic heterocycles. The lowest BCUT2D eigenvalue weighted by Gasteiger charge is -2.21. The molecule has 0 saturated carbocycles. The van der Waals surface area contributed by atoms with Crippen molar-refractivity contribution in [1.29, 1.82) is 0 Å². The van der Waals surface area contributed by atoms with Crippen molar-refractivity contribution in [1.82, 2.24) is 0 Å². The molecule has 4 heteroatoms. The molecule has 2 nitrogen and oxygen atoms in total. The van der Waals surface area contributed by atoms with E-state index in [-0.39, 0.29) is 17.3 Å². The first-order chi connectivity index (χ1) is 7.88. The third-order valence-corrected chi connectivity index (χ3v) is 3.50. The lowest BCUT2D eigenvalue weighted by molar-refractivity contribution is 0.236. The van der Waals surface area contributed by atoms with E-state index in [9.17, 15) is 4.39 Å². The Hall–Kier alpha value is -0.900. The Kier molecular flexibility index (Phi) is 3.25. The highest BCUT2D eigenvalue weighted by Gasteiger charge is 2.31. The molecule has 0 spiro atoms. The minimum Gasteiger partial charge on any atom is -0.475 e. The fourth-order valence-corrected chi connectivity index (χ4v) is 2.04. The highest BCUT2D eigenvalue weighted by Crippen LogP contribution is 2.29. The molecule has 0 aromatic heterocycles. The molecule has 0 amide bonds. The fraction of sp³-hybridized carbons (Fsp3) is 0.462. The SMILES string of the molecule is CC(C)(C)C1COC(c2cc(F)ccc2Br)=N1. The van der Waals surface area contributed by atoms with Crippen LogP contribution >= 0.6 is 15.9 Å². The summed E-state index contributed by atoms with van der Waals surface area (Å²) in [6.07, 6.45) is 0. The predicted octanol–water partition coefficient (Wildman–Crippen LogP) is 3.78. The van der Waals surface area contributed by atoms with Crippen LogP contribution in [0, 0.1) is 11.2 Å². The number of halogens is 2. The summed E-state index contributed by atoms with van der Waals surface area (Å²) in [4.78, 5) is 4.53. The van der Waals surface area contributed by atoms with Crippen LogP contribution in [0.15, 0.2) is 27.7 Å². The molecule has 0 fully saturated rings. The molecule has 0 bridgehead atoms. The number of hydrogen-bond donors (Lipinski definition) is 0. The van der Waals surface area contributed by atoms with E-state index in [2.05, 4.69) is 41.7 Å². The van der Waals surface area contributed by atoms with Gasteiger partial charge < -0.3 is 4.74 Å². The van der Waals surface area contributed by atoms with Crippen molar-refractivity contribution in [3.05, 3.63) is 34.1 Å². The van der Waals surface area contributed by atoms with Crippen LogP contribution < -0.4 is 0 Å². The third kappa shape index (κ3) is 2.68. The maximum Gasteiger partial charge on any atom is 0.217 e. The first-order valence-corrected chi connectivity index (χ1v) is 6.33. The Bertz CT molecular complexity index is 465. The number of benzene rings is 1. The Labute approximate surface area is 109 Å². The van der Waals surface area contributed by atoms with E-state index in [0.717, 1.165) is 4.47 Å². The molecule has 1 heterocycles. The molecular formula is C13H15BrFNO. The van der Waals surface area contributed by atoms with Crippen molar-refractivity contribution in [3.8, 4) is 0 Å². The third-order valence-electron chi connectivity index (χ3n) is 2.81. The standard InChI is InChI=1S/C13H15BrFNO/c1-13(2,3)11-7-17-12(16-11)9-6-8(15)4-5-10(9)14/h4-6,11H,7H2,1-3H3. The number of aliphatic imine (C=N–C) groups is 1. The largest absolute Gasteiger partial charge is 0.475 e. The molecule has 1 aliphatic rings. The average molecular weight is 300 g/mol. The summed E-state index contributed by atoms with van der Waals surface area (Å²) in [7, 11) is 0. The normalized spacial score (nSPS) is 20.1. The predicted molar refractivity (Wildman–Crippen MR) is 69.8 cm³/mol. The molecule has 0 radical (unpaired) electrons. The van der Waals surface area contributed by atoms with E-state index in [1.807, 2.05) is 0 Å². The van der Waals surface area contributed by atoms with Crippen LogP contribution in [0.4, 0.5) is 4.39 Å². The summed E-state index contributed by atoms with van der Waals surface area (Å²) in [5, 5.41) is 0. The van der Waals surface area contributed by atoms with Crippen LogP contribution in [-0.2, 0) is 4.74 Å². The maximum absolute atomic E-state index is 13.2. The van der Waals surface area contributed by atoms with Crippen molar-refractivity contribution < 1.29 is 9.13 Å². The lowest BCUT2D eigenvalue weighted by atomic mass is 9.88. The van der Waals surface area contributed by atoms with Gasteiger partial charge in [-0.1, -0.05) is 20.8 Å². The fourth-order valence-electron chi connectivity index (χ4n) is 1.63. The second-order valence-electron chi connectivity index (χ2n) is 5.25. The molecule has 17 heavy (non-hydrogen) atoms. The molecule has 0 N–H and O–H groups in total. The number of hydrogen-bond acceptors (Lipinski definition) is 2. The van der Waals surface area contributed by atoms with Gasteiger partial charge in [-0.05, 0) is 39.5 Å². The lowest BCUT2D eigenvalue weighted by Crippen LogP contribution is -2.25. The topological polar surface area (TPSA) is 21.6 Å². The first kappa shape index (κ1) is 12.6. The quantitative estimate of drug-likeness (QED) is 0.773. The second-order valence-corrected chi connectivity index (χ2v) is 6.11. The van der Waals surface area contributed by atoms with Gasteiger partial charge >= 0.3 is 0 Å². The smallest absolute Gasteiger partial charge is 0.217 e. The van der Waals surface area contributed by atoms with Gasteiger partial charge in [-0.25, -0.2) is 9.38 Å². The van der Waals surface area contributed by atoms with Crippen LogP contribution in [0.25, 0.3) is 0 Å². The van der Waals surface area contributed by atoms with E-state index in [1.165, 1.54) is 12.1 Å². The van der Waals surface area contributed by atoms with E-state index in [1.54, 1.807) is 6.07 Å². The zero-order chi connectivity index (χ0) is 12.6. The minimum atomic E-state index is -0.284. The zero-order valence-corrected chi connectivity index (χ0v) is 11.7. The number of nitrogens with zero attached hydrogens (tertiary/aromatic N) is 1. The maximum atomic E-state index is 13.2. The Balaban J connectivity index is 2.33. The minimum absolute atomic E-state index is 0.0571. The Morgan fingerprint density at radius 3 is 2.71 bits per heavy atom. The summed E-state index contributed by atoms with van der Waals surface area (Å²) < 4.78 is 19.6. The summed E-state index contributed by atoms with van der Waals surface area (Å²) in [6.45, 7) is 6.91. The molecule has 1 atom stereocenters. The van der Waals surface area contributed by atoms with Crippen molar-refractivity contribution >= 4 is 21.8 Å². The zero-order valence-electron chi connectivity index (χ0n) is 10.1. The molecule has 1 unspecified atom stereocenters. The van der Waals surface area contributed by atoms with Gasteiger partial charge in [-0.3, -0.25) is 0 Å². The average Bonchev–Trinajstić information content (AvgIpc) is 2.70. The van der Waals surface area contributed by atoms with Crippen LogP contribution in [0.5, 0.6) is 0 Å². The Morgan fingerprint density at radius 2 is 2.12 bits per heavy atom. The highest BCUT2D eigenvalue weighted by atomic mass is 79.9. The first-order valence-electron chi connectivity index (χ1n) is 5.54. The van der Waals surface area contributed by atoms with Gasteiger partial charge in [-0.2, -0.15) is 0 Å². The molecule has 1 aromatic carbocycles. The van der Waals surface area contributed by atoms with E-state index in [0.29, 0.717) is 18.1 Å². The van der Waals surface area contributed by atoms with Gasteiger partial charge in [-0.15, -0.1) is 0 Å². The van der Waals surface area contributed by atoms with Gasteiger partial charge in [0, 0.05) is 4.47 Å². The van der Waals surface area contributed by atoms with E-state index in [4.69, 9.17) is 4.74 Å². The molecule has 0 aliphatic carbocycles. The van der Waals surface area contributed by atoms with Gasteiger partial charge in [0.1, 0.15) is 12.4 Å². The van der Waals surface area contributed by atoms with Crippen molar-refractivity contribution in [2.24, 2.45) is 10.4 Å². The summed E-state index contributed by atoms with van der Waals surface area (Å²) >= 11 is 3.38. The van der Waals surface area contributed by atoms with Crippen LogP contribution in [0.1, 0.15) is 26.3 Å². The molecule has 2 rings (SSSR count). The van der Waals surface area contributed by atoms with Crippen molar-refractivity contribution in [3.63, 3.8) is 0 Å². The van der Waals surface area contributed by atoms with Crippen LogP contribution in [-0.4, -0.2) is 18.5 Å². The van der Waals surface area contributed by atoms with E-state index >= 15 is 0 Å². The van der Waals surface area contributed by atoms with Gasteiger partial charge in [0.25, 0.3) is 0 Å². The van der Waals surface area contributed by atoms with Crippen LogP contribution in [0.3, 0.4) is 0 Å². The van der Waals surface area contributed by atoms with Gasteiger partial charge in [0.15, 0.2) is 0 Å². The summed E-state index contributed by atoms with van der Waals surface area (Å²) in [6, 6.07) is 4.63. The number of ether oxygens (including phenoxy) is 1. The monoisotopic (exact) mass is 299 g/mol. The van der Waals surface area contributed by atoms with Crippen molar-refractivity contribution in [2.75, 3.05) is 6.61 Å². The molecular weight excluding hydrogens is 285 g/mol. The Morgan fingerprint density at radius 1 is 1.41 bits per heavy atom. The van der Waals surface area contributed by atoms with Crippen molar-refractivity contribution in [2.45, 2.75) is 26.8 Å². The highest BCUT2D eigenvalue weighted by molar-refractivity contribution is 9.10. The molecule has 1 aromatic rings. The summed E-state index contributed by atoms with van der Waals surface area (Å²) in [5.74, 6) is 0.241. The van der Waals surface area contributed by atoms with E-state index < -0.39 is 0 Å². The van der Waals surface area contributed by atoms with Gasteiger partial charge in [0.05, 0.1) is 11.6 Å². The second kappa shape index (κ2) is 4.41. The summed E-state index contributed by atoms with van der Waals surface area (Å²) in [5.41, 5.74) is 0.735. The van der Waals surface area contributed by atoms with Gasteiger partial charge in [0.2, 0.25) is 5.90 Å².